The maximum Gasteiger partial charge on any atom is 0.256 e. The molecule has 0 fully saturated rings. The molecule has 3 nitrogen and oxygen atoms in total. The van der Waals surface area contributed by atoms with Crippen LogP contribution in [-0.2, 0) is 6.42 Å². The second kappa shape index (κ2) is 6.31. The van der Waals surface area contributed by atoms with E-state index in [-0.39, 0.29) is 5.91 Å². The molecule has 3 heteroatoms. The molecule has 0 spiro atoms. The summed E-state index contributed by atoms with van der Waals surface area (Å²) in [6.45, 7) is 2.07. The van der Waals surface area contributed by atoms with Gasteiger partial charge < -0.3 is 9.73 Å². The fourth-order valence-corrected chi connectivity index (χ4v) is 2.47. The van der Waals surface area contributed by atoms with Crippen LogP contribution in [-0.4, -0.2) is 5.91 Å². The average Bonchev–Trinajstić information content (AvgIpc) is 3.09. The fourth-order valence-electron chi connectivity index (χ4n) is 2.47. The molecule has 0 unspecified atom stereocenters. The van der Waals surface area contributed by atoms with E-state index in [0.29, 0.717) is 11.3 Å². The van der Waals surface area contributed by atoms with Crippen LogP contribution in [0, 0.1) is 0 Å². The number of aryl methyl sites for hydroxylation is 1. The summed E-state index contributed by atoms with van der Waals surface area (Å²) in [5.41, 5.74) is 3.36. The highest BCUT2D eigenvalue weighted by Gasteiger charge is 2.15. The Morgan fingerprint density at radius 1 is 1.00 bits per heavy atom. The van der Waals surface area contributed by atoms with Gasteiger partial charge in [-0.05, 0) is 36.2 Å². The molecular formula is C19H17NO2. The first-order valence-corrected chi connectivity index (χ1v) is 7.31. The molecule has 1 amide bonds. The number of carbonyl (C=O) groups is 1. The lowest BCUT2D eigenvalue weighted by molar-refractivity contribution is 0.102. The summed E-state index contributed by atoms with van der Waals surface area (Å²) >= 11 is 0. The molecule has 1 heterocycles. The monoisotopic (exact) mass is 291 g/mol. The molecule has 0 radical (unpaired) electrons. The van der Waals surface area contributed by atoms with Gasteiger partial charge in [0.2, 0.25) is 0 Å². The Hall–Kier alpha value is -2.81. The summed E-state index contributed by atoms with van der Waals surface area (Å²) in [5, 5.41) is 3.00. The van der Waals surface area contributed by atoms with Gasteiger partial charge in [0, 0.05) is 11.3 Å². The molecule has 0 bridgehead atoms. The van der Waals surface area contributed by atoms with E-state index in [4.69, 9.17) is 4.42 Å². The Labute approximate surface area is 129 Å². The van der Waals surface area contributed by atoms with Crippen LogP contribution >= 0.6 is 0 Å². The lowest BCUT2D eigenvalue weighted by Crippen LogP contribution is -2.14. The molecule has 1 aromatic heterocycles. The number of anilines is 1. The summed E-state index contributed by atoms with van der Waals surface area (Å²) in [7, 11) is 0. The smallest absolute Gasteiger partial charge is 0.256 e. The Kier molecular flexibility index (Phi) is 4.05. The van der Waals surface area contributed by atoms with Gasteiger partial charge in [-0.1, -0.05) is 43.3 Å². The standard InChI is InChI=1S/C19H17NO2/c1-2-14-8-3-6-11-17(14)20-19(21)16-10-5-4-9-15(16)18-12-7-13-22-18/h3-13H,2H2,1H3,(H,20,21). The van der Waals surface area contributed by atoms with E-state index in [0.717, 1.165) is 23.2 Å². The van der Waals surface area contributed by atoms with Gasteiger partial charge in [0.1, 0.15) is 5.76 Å². The highest BCUT2D eigenvalue weighted by Crippen LogP contribution is 2.25. The van der Waals surface area contributed by atoms with Crippen LogP contribution in [0.4, 0.5) is 5.69 Å². The summed E-state index contributed by atoms with van der Waals surface area (Å²) in [6, 6.07) is 19.0. The van der Waals surface area contributed by atoms with Crippen molar-refractivity contribution >= 4 is 11.6 Å². The zero-order valence-corrected chi connectivity index (χ0v) is 12.4. The molecule has 0 atom stereocenters. The lowest BCUT2D eigenvalue weighted by atomic mass is 10.0. The molecule has 0 aliphatic rings. The molecule has 3 rings (SSSR count). The number of amides is 1. The average molecular weight is 291 g/mol. The van der Waals surface area contributed by atoms with Gasteiger partial charge in [0.15, 0.2) is 0 Å². The molecule has 0 saturated heterocycles. The minimum Gasteiger partial charge on any atom is -0.464 e. The summed E-state index contributed by atoms with van der Waals surface area (Å²) < 4.78 is 5.43. The van der Waals surface area contributed by atoms with Gasteiger partial charge in [-0.3, -0.25) is 4.79 Å². The normalized spacial score (nSPS) is 10.4. The molecular weight excluding hydrogens is 274 g/mol. The molecule has 0 saturated carbocycles. The number of benzene rings is 2. The fraction of sp³-hybridized carbons (Fsp3) is 0.105. The van der Waals surface area contributed by atoms with Crippen molar-refractivity contribution in [3.63, 3.8) is 0 Å². The van der Waals surface area contributed by atoms with Crippen molar-refractivity contribution in [3.8, 4) is 11.3 Å². The van der Waals surface area contributed by atoms with Crippen LogP contribution in [0.3, 0.4) is 0 Å². The molecule has 1 N–H and O–H groups in total. The first-order valence-electron chi connectivity index (χ1n) is 7.31. The Balaban J connectivity index is 1.93. The largest absolute Gasteiger partial charge is 0.464 e. The minimum atomic E-state index is -0.132. The van der Waals surface area contributed by atoms with Crippen LogP contribution in [0.15, 0.2) is 71.3 Å². The van der Waals surface area contributed by atoms with E-state index < -0.39 is 0 Å². The van der Waals surface area contributed by atoms with Gasteiger partial charge >= 0.3 is 0 Å². The van der Waals surface area contributed by atoms with Crippen molar-refractivity contribution < 1.29 is 9.21 Å². The van der Waals surface area contributed by atoms with Crippen LogP contribution in [0.1, 0.15) is 22.8 Å². The van der Waals surface area contributed by atoms with E-state index >= 15 is 0 Å². The van der Waals surface area contributed by atoms with Crippen LogP contribution in [0.2, 0.25) is 0 Å². The van der Waals surface area contributed by atoms with Gasteiger partial charge in [0.05, 0.1) is 11.8 Å². The predicted molar refractivity (Wildman–Crippen MR) is 87.9 cm³/mol. The molecule has 2 aromatic carbocycles. The Bertz CT molecular complexity index is 776. The number of furan rings is 1. The Morgan fingerprint density at radius 3 is 2.55 bits per heavy atom. The molecule has 0 aliphatic heterocycles. The summed E-state index contributed by atoms with van der Waals surface area (Å²) in [4.78, 5) is 12.6. The van der Waals surface area contributed by atoms with E-state index in [9.17, 15) is 4.79 Å². The van der Waals surface area contributed by atoms with E-state index in [2.05, 4.69) is 12.2 Å². The lowest BCUT2D eigenvalue weighted by Gasteiger charge is -2.11. The van der Waals surface area contributed by atoms with E-state index in [1.807, 2.05) is 60.7 Å². The van der Waals surface area contributed by atoms with Gasteiger partial charge in [-0.2, -0.15) is 0 Å². The second-order valence-corrected chi connectivity index (χ2v) is 4.99. The third kappa shape index (κ3) is 2.79. The maximum atomic E-state index is 12.6. The quantitative estimate of drug-likeness (QED) is 0.753. The van der Waals surface area contributed by atoms with Crippen LogP contribution in [0.25, 0.3) is 11.3 Å². The zero-order chi connectivity index (χ0) is 15.4. The van der Waals surface area contributed by atoms with Crippen molar-refractivity contribution in [2.45, 2.75) is 13.3 Å². The van der Waals surface area contributed by atoms with Gasteiger partial charge in [-0.15, -0.1) is 0 Å². The number of hydrogen-bond donors (Lipinski definition) is 1. The van der Waals surface area contributed by atoms with Gasteiger partial charge in [0.25, 0.3) is 5.91 Å². The molecule has 110 valence electrons. The van der Waals surface area contributed by atoms with E-state index in [1.165, 1.54) is 0 Å². The number of nitrogens with one attached hydrogen (secondary N) is 1. The number of para-hydroxylation sites is 1. The summed E-state index contributed by atoms with van der Waals surface area (Å²) in [5.74, 6) is 0.558. The molecule has 3 aromatic rings. The number of rotatable bonds is 4. The van der Waals surface area contributed by atoms with Crippen molar-refractivity contribution in [3.05, 3.63) is 78.1 Å². The minimum absolute atomic E-state index is 0.132. The zero-order valence-electron chi connectivity index (χ0n) is 12.4. The second-order valence-electron chi connectivity index (χ2n) is 4.99. The van der Waals surface area contributed by atoms with Crippen molar-refractivity contribution in [1.29, 1.82) is 0 Å². The molecule has 22 heavy (non-hydrogen) atoms. The van der Waals surface area contributed by atoms with Crippen LogP contribution < -0.4 is 5.32 Å². The van der Waals surface area contributed by atoms with Crippen LogP contribution in [0.5, 0.6) is 0 Å². The van der Waals surface area contributed by atoms with Crippen molar-refractivity contribution in [2.24, 2.45) is 0 Å². The Morgan fingerprint density at radius 2 is 1.77 bits per heavy atom. The maximum absolute atomic E-state index is 12.6. The third-order valence-corrected chi connectivity index (χ3v) is 3.60. The first kappa shape index (κ1) is 14.1. The van der Waals surface area contributed by atoms with Gasteiger partial charge in [-0.25, -0.2) is 0 Å². The predicted octanol–water partition coefficient (Wildman–Crippen LogP) is 4.76. The number of hydrogen-bond acceptors (Lipinski definition) is 2. The van der Waals surface area contributed by atoms with Crippen molar-refractivity contribution in [1.82, 2.24) is 0 Å². The topological polar surface area (TPSA) is 42.2 Å². The molecule has 0 aliphatic carbocycles. The number of carbonyl (C=O) groups excluding carboxylic acids is 1. The first-order chi connectivity index (χ1) is 10.8. The third-order valence-electron chi connectivity index (χ3n) is 3.60. The SMILES string of the molecule is CCc1ccccc1NC(=O)c1ccccc1-c1ccco1. The van der Waals surface area contributed by atoms with Crippen molar-refractivity contribution in [2.75, 3.05) is 5.32 Å². The summed E-state index contributed by atoms with van der Waals surface area (Å²) in [6.07, 6.45) is 2.48. The highest BCUT2D eigenvalue weighted by atomic mass is 16.3. The highest BCUT2D eigenvalue weighted by molar-refractivity contribution is 6.08. The van der Waals surface area contributed by atoms with E-state index in [1.54, 1.807) is 6.26 Å².